The summed E-state index contributed by atoms with van der Waals surface area (Å²) in [6, 6.07) is 11.0. The third kappa shape index (κ3) is 4.22. The first-order chi connectivity index (χ1) is 13.3. The second kappa shape index (κ2) is 8.10. The maximum Gasteiger partial charge on any atom is 0.254 e. The van der Waals surface area contributed by atoms with Crippen LogP contribution in [0.2, 0.25) is 0 Å². The van der Waals surface area contributed by atoms with E-state index in [4.69, 9.17) is 0 Å². The Hall–Kier alpha value is -2.74. The number of aryl methyl sites for hydroxylation is 1. The number of rotatable bonds is 5. The van der Waals surface area contributed by atoms with E-state index in [0.717, 1.165) is 15.6 Å². The fourth-order valence-corrected chi connectivity index (χ4v) is 3.13. The average molecular weight is 444 g/mol. The van der Waals surface area contributed by atoms with E-state index >= 15 is 0 Å². The Morgan fingerprint density at radius 1 is 1.21 bits per heavy atom. The van der Waals surface area contributed by atoms with E-state index < -0.39 is 0 Å². The lowest BCUT2D eigenvalue weighted by atomic mass is 10.1. The Bertz CT molecular complexity index is 1040. The summed E-state index contributed by atoms with van der Waals surface area (Å²) in [5, 5.41) is 11.1. The minimum absolute atomic E-state index is 0.0509. The smallest absolute Gasteiger partial charge is 0.254 e. The first-order valence-corrected chi connectivity index (χ1v) is 9.72. The van der Waals surface area contributed by atoms with Crippen molar-refractivity contribution in [3.63, 3.8) is 0 Å². The first kappa shape index (κ1) is 20.0. The molecule has 3 aromatic rings. The molecule has 0 bridgehead atoms. The van der Waals surface area contributed by atoms with E-state index in [1.54, 1.807) is 23.9 Å². The van der Waals surface area contributed by atoms with Crippen molar-refractivity contribution in [1.29, 1.82) is 0 Å². The van der Waals surface area contributed by atoms with Gasteiger partial charge in [-0.15, -0.1) is 5.10 Å². The van der Waals surface area contributed by atoms with Gasteiger partial charge in [-0.05, 0) is 62.7 Å². The Morgan fingerprint density at radius 3 is 2.64 bits per heavy atom. The highest BCUT2D eigenvalue weighted by Gasteiger charge is 2.17. The lowest BCUT2D eigenvalue weighted by Gasteiger charge is -2.17. The highest BCUT2D eigenvalue weighted by atomic mass is 79.9. The molecule has 1 N–H and O–H groups in total. The van der Waals surface area contributed by atoms with Crippen molar-refractivity contribution in [2.24, 2.45) is 0 Å². The number of amides is 2. The van der Waals surface area contributed by atoms with E-state index in [0.29, 0.717) is 16.8 Å². The van der Waals surface area contributed by atoms with E-state index in [1.807, 2.05) is 45.0 Å². The largest absolute Gasteiger partial charge is 0.332 e. The van der Waals surface area contributed by atoms with Gasteiger partial charge in [0.15, 0.2) is 0 Å². The number of anilines is 1. The summed E-state index contributed by atoms with van der Waals surface area (Å²) < 4.78 is 2.78. The number of likely N-dealkylation sites (N-methyl/N-ethyl adjacent to an activating group) is 1. The van der Waals surface area contributed by atoms with Gasteiger partial charge in [-0.1, -0.05) is 21.1 Å². The minimum Gasteiger partial charge on any atom is -0.332 e. The van der Waals surface area contributed by atoms with Crippen LogP contribution in [0, 0.1) is 6.92 Å². The van der Waals surface area contributed by atoms with Gasteiger partial charge in [0.1, 0.15) is 5.52 Å². The molecule has 0 aliphatic carbocycles. The monoisotopic (exact) mass is 443 g/mol. The number of hydrogen-bond donors (Lipinski definition) is 1. The maximum atomic E-state index is 12.7. The van der Waals surface area contributed by atoms with Gasteiger partial charge in [-0.2, -0.15) is 0 Å². The summed E-state index contributed by atoms with van der Waals surface area (Å²) >= 11 is 3.43. The summed E-state index contributed by atoms with van der Waals surface area (Å²) in [5.41, 5.74) is 3.71. The molecule has 0 aliphatic rings. The topological polar surface area (TPSA) is 80.1 Å². The van der Waals surface area contributed by atoms with Crippen LogP contribution in [0.3, 0.4) is 0 Å². The summed E-state index contributed by atoms with van der Waals surface area (Å²) in [4.78, 5) is 26.4. The number of aromatic nitrogens is 3. The summed E-state index contributed by atoms with van der Waals surface area (Å²) in [6.45, 7) is 5.94. The number of benzene rings is 2. The number of hydrogen-bond acceptors (Lipinski definition) is 4. The third-order valence-electron chi connectivity index (χ3n) is 4.38. The van der Waals surface area contributed by atoms with Crippen molar-refractivity contribution in [2.45, 2.75) is 26.8 Å². The van der Waals surface area contributed by atoms with Gasteiger partial charge in [0, 0.05) is 28.8 Å². The van der Waals surface area contributed by atoms with Crippen LogP contribution in [0.15, 0.2) is 40.9 Å². The predicted molar refractivity (Wildman–Crippen MR) is 112 cm³/mol. The van der Waals surface area contributed by atoms with Crippen LogP contribution >= 0.6 is 15.9 Å². The molecule has 28 heavy (non-hydrogen) atoms. The molecule has 0 atom stereocenters. The quantitative estimate of drug-likeness (QED) is 0.650. The van der Waals surface area contributed by atoms with Gasteiger partial charge in [0.2, 0.25) is 5.91 Å². The van der Waals surface area contributed by atoms with Crippen molar-refractivity contribution in [3.8, 4) is 0 Å². The number of nitrogens with one attached hydrogen (secondary N) is 1. The zero-order chi connectivity index (χ0) is 20.4. The molecule has 1 aromatic heterocycles. The van der Waals surface area contributed by atoms with Crippen molar-refractivity contribution in [2.75, 3.05) is 18.9 Å². The second-order valence-corrected chi connectivity index (χ2v) is 7.86. The standard InChI is InChI=1S/C20H22BrN5O2/c1-12(2)26-18-8-5-14(10-17(18)23-24-26)20(28)25(4)11-19(27)22-15-6-7-16(21)13(3)9-15/h5-10,12H,11H2,1-4H3,(H,22,27). The van der Waals surface area contributed by atoms with Crippen molar-refractivity contribution < 1.29 is 9.59 Å². The molecule has 7 nitrogen and oxygen atoms in total. The van der Waals surface area contributed by atoms with E-state index in [2.05, 4.69) is 31.6 Å². The third-order valence-corrected chi connectivity index (χ3v) is 5.27. The number of carbonyl (C=O) groups excluding carboxylic acids is 2. The van der Waals surface area contributed by atoms with Crippen LogP contribution in [0.5, 0.6) is 0 Å². The Labute approximate surface area is 171 Å². The van der Waals surface area contributed by atoms with E-state index in [-0.39, 0.29) is 24.4 Å². The summed E-state index contributed by atoms with van der Waals surface area (Å²) in [7, 11) is 1.60. The van der Waals surface area contributed by atoms with Gasteiger partial charge in [-0.25, -0.2) is 4.68 Å². The second-order valence-electron chi connectivity index (χ2n) is 7.00. The van der Waals surface area contributed by atoms with Crippen LogP contribution in [-0.2, 0) is 4.79 Å². The van der Waals surface area contributed by atoms with E-state index in [1.165, 1.54) is 4.90 Å². The molecule has 3 rings (SSSR count). The van der Waals surface area contributed by atoms with Crippen molar-refractivity contribution in [1.82, 2.24) is 19.9 Å². The summed E-state index contributed by atoms with van der Waals surface area (Å²) in [6.07, 6.45) is 0. The van der Waals surface area contributed by atoms with Crippen molar-refractivity contribution in [3.05, 3.63) is 52.0 Å². The summed E-state index contributed by atoms with van der Waals surface area (Å²) in [5.74, 6) is -0.507. The van der Waals surface area contributed by atoms with Crippen LogP contribution in [0.25, 0.3) is 11.0 Å². The van der Waals surface area contributed by atoms with Crippen LogP contribution in [0.4, 0.5) is 5.69 Å². The lowest BCUT2D eigenvalue weighted by molar-refractivity contribution is -0.116. The molecule has 2 amide bonds. The molecule has 1 heterocycles. The van der Waals surface area contributed by atoms with Crippen LogP contribution < -0.4 is 5.32 Å². The first-order valence-electron chi connectivity index (χ1n) is 8.92. The van der Waals surface area contributed by atoms with Gasteiger partial charge in [0.25, 0.3) is 5.91 Å². The SMILES string of the molecule is Cc1cc(NC(=O)CN(C)C(=O)c2ccc3c(c2)nnn3C(C)C)ccc1Br. The number of nitrogens with zero attached hydrogens (tertiary/aromatic N) is 4. The Morgan fingerprint density at radius 2 is 1.96 bits per heavy atom. The van der Waals surface area contributed by atoms with Gasteiger partial charge < -0.3 is 10.2 Å². The fraction of sp³-hybridized carbons (Fsp3) is 0.300. The zero-order valence-electron chi connectivity index (χ0n) is 16.2. The van der Waals surface area contributed by atoms with Crippen LogP contribution in [0.1, 0.15) is 35.8 Å². The molecule has 0 spiro atoms. The molecule has 146 valence electrons. The number of halogens is 1. The highest BCUT2D eigenvalue weighted by molar-refractivity contribution is 9.10. The van der Waals surface area contributed by atoms with Gasteiger partial charge >= 0.3 is 0 Å². The molecular weight excluding hydrogens is 422 g/mol. The molecule has 2 aromatic carbocycles. The molecule has 0 saturated carbocycles. The Balaban J connectivity index is 1.69. The molecule has 0 radical (unpaired) electrons. The molecule has 0 saturated heterocycles. The van der Waals surface area contributed by atoms with Crippen LogP contribution in [-0.4, -0.2) is 45.3 Å². The molecular formula is C20H22BrN5O2. The predicted octanol–water partition coefficient (Wildman–Crippen LogP) is 3.79. The van der Waals surface area contributed by atoms with Gasteiger partial charge in [-0.3, -0.25) is 9.59 Å². The molecule has 0 unspecified atom stereocenters. The fourth-order valence-electron chi connectivity index (χ4n) is 2.89. The molecule has 8 heteroatoms. The minimum atomic E-state index is -0.260. The van der Waals surface area contributed by atoms with Crippen molar-refractivity contribution >= 4 is 44.5 Å². The Kier molecular flexibility index (Phi) is 5.79. The lowest BCUT2D eigenvalue weighted by Crippen LogP contribution is -2.34. The maximum absolute atomic E-state index is 12.7. The number of carbonyl (C=O) groups is 2. The zero-order valence-corrected chi connectivity index (χ0v) is 17.8. The normalized spacial score (nSPS) is 11.1. The highest BCUT2D eigenvalue weighted by Crippen LogP contribution is 2.20. The van der Waals surface area contributed by atoms with Gasteiger partial charge in [0.05, 0.1) is 12.1 Å². The van der Waals surface area contributed by atoms with E-state index in [9.17, 15) is 9.59 Å². The number of fused-ring (bicyclic) bond motifs is 1. The molecule has 0 fully saturated rings. The average Bonchev–Trinajstić information content (AvgIpc) is 3.07. The molecule has 0 aliphatic heterocycles.